The van der Waals surface area contributed by atoms with Gasteiger partial charge in [0.2, 0.25) is 0 Å². The fourth-order valence-corrected chi connectivity index (χ4v) is 2.11. The van der Waals surface area contributed by atoms with Gasteiger partial charge in [-0.15, -0.1) is 6.58 Å². The van der Waals surface area contributed by atoms with E-state index in [1.165, 1.54) is 5.56 Å². The molecule has 0 amide bonds. The molecule has 0 atom stereocenters. The SMILES string of the molecule is C=CCc1cccc2c(Cl)ncc(CN)c12. The number of aromatic nitrogens is 1. The van der Waals surface area contributed by atoms with Crippen LogP contribution in [-0.2, 0) is 13.0 Å². The number of pyridine rings is 1. The summed E-state index contributed by atoms with van der Waals surface area (Å²) in [6.45, 7) is 4.23. The molecule has 2 rings (SSSR count). The molecule has 0 aliphatic heterocycles. The Morgan fingerprint density at radius 2 is 2.19 bits per heavy atom. The molecule has 0 spiro atoms. The zero-order valence-electron chi connectivity index (χ0n) is 8.91. The van der Waals surface area contributed by atoms with Crippen LogP contribution in [0.15, 0.2) is 37.1 Å². The highest BCUT2D eigenvalue weighted by molar-refractivity contribution is 6.34. The monoisotopic (exact) mass is 232 g/mol. The standard InChI is InChI=1S/C13H13ClN2/c1-2-4-9-5-3-6-11-12(9)10(7-15)8-16-13(11)14/h2-3,5-6,8H,1,4,7,15H2. The van der Waals surface area contributed by atoms with E-state index >= 15 is 0 Å². The van der Waals surface area contributed by atoms with Crippen molar-refractivity contribution in [2.75, 3.05) is 0 Å². The second-order valence-electron chi connectivity index (χ2n) is 3.61. The number of hydrogen-bond acceptors (Lipinski definition) is 2. The molecule has 0 bridgehead atoms. The first-order valence-electron chi connectivity index (χ1n) is 5.14. The molecule has 82 valence electrons. The molecule has 0 saturated heterocycles. The third-order valence-corrected chi connectivity index (χ3v) is 2.91. The van der Waals surface area contributed by atoms with E-state index in [1.54, 1.807) is 6.20 Å². The number of nitrogens with zero attached hydrogens (tertiary/aromatic N) is 1. The van der Waals surface area contributed by atoms with E-state index in [-0.39, 0.29) is 0 Å². The summed E-state index contributed by atoms with van der Waals surface area (Å²) in [6, 6.07) is 6.02. The average Bonchev–Trinajstić information content (AvgIpc) is 2.31. The third-order valence-electron chi connectivity index (χ3n) is 2.61. The van der Waals surface area contributed by atoms with Gasteiger partial charge in [0, 0.05) is 18.1 Å². The molecule has 3 heteroatoms. The van der Waals surface area contributed by atoms with Crippen molar-refractivity contribution in [1.29, 1.82) is 0 Å². The topological polar surface area (TPSA) is 38.9 Å². The van der Waals surface area contributed by atoms with Crippen LogP contribution in [0.25, 0.3) is 10.8 Å². The summed E-state index contributed by atoms with van der Waals surface area (Å²) >= 11 is 6.08. The Hall–Kier alpha value is -1.38. The van der Waals surface area contributed by atoms with Gasteiger partial charge in [-0.1, -0.05) is 35.9 Å². The first kappa shape index (κ1) is 11.1. The number of rotatable bonds is 3. The maximum Gasteiger partial charge on any atom is 0.136 e. The van der Waals surface area contributed by atoms with Gasteiger partial charge in [0.1, 0.15) is 5.15 Å². The van der Waals surface area contributed by atoms with Crippen molar-refractivity contribution in [3.05, 3.63) is 53.3 Å². The Morgan fingerprint density at radius 1 is 1.38 bits per heavy atom. The first-order chi connectivity index (χ1) is 7.77. The van der Waals surface area contributed by atoms with E-state index in [1.807, 2.05) is 18.2 Å². The molecule has 2 N–H and O–H groups in total. The highest BCUT2D eigenvalue weighted by Crippen LogP contribution is 2.27. The zero-order valence-corrected chi connectivity index (χ0v) is 9.67. The molecule has 0 unspecified atom stereocenters. The lowest BCUT2D eigenvalue weighted by Crippen LogP contribution is -2.00. The summed E-state index contributed by atoms with van der Waals surface area (Å²) in [6.07, 6.45) is 4.44. The number of halogens is 1. The summed E-state index contributed by atoms with van der Waals surface area (Å²) in [7, 11) is 0. The van der Waals surface area contributed by atoms with Crippen molar-refractivity contribution < 1.29 is 0 Å². The lowest BCUT2D eigenvalue weighted by Gasteiger charge is -2.09. The molecular formula is C13H13ClN2. The highest BCUT2D eigenvalue weighted by atomic mass is 35.5. The van der Waals surface area contributed by atoms with Gasteiger partial charge in [0.05, 0.1) is 0 Å². The Bertz CT molecular complexity index is 535. The van der Waals surface area contributed by atoms with Gasteiger partial charge in [-0.05, 0) is 22.9 Å². The predicted octanol–water partition coefficient (Wildman–Crippen LogP) is 3.08. The van der Waals surface area contributed by atoms with Gasteiger partial charge in [-0.2, -0.15) is 0 Å². The van der Waals surface area contributed by atoms with Crippen molar-refractivity contribution in [3.63, 3.8) is 0 Å². The minimum absolute atomic E-state index is 0.467. The van der Waals surface area contributed by atoms with Crippen LogP contribution in [0.5, 0.6) is 0 Å². The van der Waals surface area contributed by atoms with Gasteiger partial charge < -0.3 is 5.73 Å². The number of benzene rings is 1. The number of hydrogen-bond donors (Lipinski definition) is 1. The fraction of sp³-hybridized carbons (Fsp3) is 0.154. The fourth-order valence-electron chi connectivity index (χ4n) is 1.90. The molecular weight excluding hydrogens is 220 g/mol. The first-order valence-corrected chi connectivity index (χ1v) is 5.51. The number of nitrogens with two attached hydrogens (primary N) is 1. The van der Waals surface area contributed by atoms with Gasteiger partial charge in [0.25, 0.3) is 0 Å². The summed E-state index contributed by atoms with van der Waals surface area (Å²) in [5.41, 5.74) is 7.94. The summed E-state index contributed by atoms with van der Waals surface area (Å²) in [4.78, 5) is 4.14. The normalized spacial score (nSPS) is 10.6. The largest absolute Gasteiger partial charge is 0.326 e. The Labute approximate surface area is 99.7 Å². The van der Waals surface area contributed by atoms with Crippen LogP contribution < -0.4 is 5.73 Å². The van der Waals surface area contributed by atoms with Crippen molar-refractivity contribution >= 4 is 22.4 Å². The van der Waals surface area contributed by atoms with E-state index in [2.05, 4.69) is 17.6 Å². The summed E-state index contributed by atoms with van der Waals surface area (Å²) < 4.78 is 0. The smallest absolute Gasteiger partial charge is 0.136 e. The van der Waals surface area contributed by atoms with E-state index in [0.717, 1.165) is 22.8 Å². The van der Waals surface area contributed by atoms with Crippen LogP contribution in [0, 0.1) is 0 Å². The van der Waals surface area contributed by atoms with Gasteiger partial charge in [-0.3, -0.25) is 0 Å². The van der Waals surface area contributed by atoms with Gasteiger partial charge in [-0.25, -0.2) is 4.98 Å². The van der Waals surface area contributed by atoms with Gasteiger partial charge >= 0.3 is 0 Å². The van der Waals surface area contributed by atoms with E-state index in [4.69, 9.17) is 17.3 Å². The van der Waals surface area contributed by atoms with E-state index in [9.17, 15) is 0 Å². The maximum atomic E-state index is 6.08. The molecule has 0 fully saturated rings. The molecule has 1 aromatic heterocycles. The van der Waals surface area contributed by atoms with Crippen molar-refractivity contribution in [1.82, 2.24) is 4.98 Å². The maximum absolute atomic E-state index is 6.08. The predicted molar refractivity (Wildman–Crippen MR) is 68.5 cm³/mol. The summed E-state index contributed by atoms with van der Waals surface area (Å²) in [5.74, 6) is 0. The van der Waals surface area contributed by atoms with Crippen LogP contribution in [0.2, 0.25) is 5.15 Å². The average molecular weight is 233 g/mol. The van der Waals surface area contributed by atoms with Gasteiger partial charge in [0.15, 0.2) is 0 Å². The number of allylic oxidation sites excluding steroid dienone is 1. The second-order valence-corrected chi connectivity index (χ2v) is 3.97. The minimum atomic E-state index is 0.467. The molecule has 1 heterocycles. The molecule has 0 saturated carbocycles. The zero-order chi connectivity index (χ0) is 11.5. The Morgan fingerprint density at radius 3 is 2.88 bits per heavy atom. The minimum Gasteiger partial charge on any atom is -0.326 e. The van der Waals surface area contributed by atoms with E-state index in [0.29, 0.717) is 11.7 Å². The number of fused-ring (bicyclic) bond motifs is 1. The van der Waals surface area contributed by atoms with Crippen molar-refractivity contribution in [2.24, 2.45) is 5.73 Å². The van der Waals surface area contributed by atoms with E-state index < -0.39 is 0 Å². The molecule has 0 aliphatic rings. The molecule has 1 aromatic carbocycles. The van der Waals surface area contributed by atoms with Crippen LogP contribution in [0.4, 0.5) is 0 Å². The molecule has 2 aromatic rings. The quantitative estimate of drug-likeness (QED) is 0.653. The molecule has 2 nitrogen and oxygen atoms in total. The summed E-state index contributed by atoms with van der Waals surface area (Å²) in [5, 5.41) is 2.60. The second kappa shape index (κ2) is 4.64. The Kier molecular flexibility index (Phi) is 3.22. The van der Waals surface area contributed by atoms with Crippen LogP contribution >= 0.6 is 11.6 Å². The molecule has 16 heavy (non-hydrogen) atoms. The molecule has 0 radical (unpaired) electrons. The van der Waals surface area contributed by atoms with Crippen LogP contribution in [-0.4, -0.2) is 4.98 Å². The highest BCUT2D eigenvalue weighted by Gasteiger charge is 2.08. The third kappa shape index (κ3) is 1.82. The Balaban J connectivity index is 2.81. The molecule has 0 aliphatic carbocycles. The van der Waals surface area contributed by atoms with Crippen molar-refractivity contribution in [2.45, 2.75) is 13.0 Å². The van der Waals surface area contributed by atoms with Crippen LogP contribution in [0.3, 0.4) is 0 Å². The lowest BCUT2D eigenvalue weighted by molar-refractivity contribution is 1.06. The van der Waals surface area contributed by atoms with Crippen molar-refractivity contribution in [3.8, 4) is 0 Å². The van der Waals surface area contributed by atoms with Crippen LogP contribution in [0.1, 0.15) is 11.1 Å². The lowest BCUT2D eigenvalue weighted by atomic mass is 9.99.